The molecule has 0 aliphatic rings. The average Bonchev–Trinajstić information content (AvgIpc) is 1.69. The molecule has 0 saturated heterocycles. The molecule has 0 bridgehead atoms. The molecular weight excluding hydrogens is 131 g/mol. The summed E-state index contributed by atoms with van der Waals surface area (Å²) in [6.45, 7) is 0. The van der Waals surface area contributed by atoms with Crippen molar-refractivity contribution in [3.63, 3.8) is 0 Å². The Balaban J connectivity index is 0.000000490. The summed E-state index contributed by atoms with van der Waals surface area (Å²) in [5.41, 5.74) is 0. The first-order chi connectivity index (χ1) is 3.39. The molecule has 0 amide bonds. The van der Waals surface area contributed by atoms with Crippen LogP contribution in [0.15, 0.2) is 18.7 Å². The van der Waals surface area contributed by atoms with Crippen molar-refractivity contribution >= 4 is 12.4 Å². The Hall–Kier alpha value is -0.700. The maximum Gasteiger partial charge on any atom is 0.159 e. The fraction of sp³-hybridized carbons (Fsp3) is 0. The third-order valence-corrected chi connectivity index (χ3v) is 0.529. The lowest BCUT2D eigenvalue weighted by molar-refractivity contribution is 0.613. The van der Waals surface area contributed by atoms with Gasteiger partial charge in [-0.3, -0.25) is 0 Å². The number of hydrogen-bond acceptors (Lipinski definition) is 2. The zero-order valence-electron chi connectivity index (χ0n) is 3.91. The highest BCUT2D eigenvalue weighted by atomic mass is 35.5. The van der Waals surface area contributed by atoms with Gasteiger partial charge in [0.25, 0.3) is 0 Å². The molecular formula is C4H4ClFN2. The topological polar surface area (TPSA) is 25.8 Å². The monoisotopic (exact) mass is 134 g/mol. The minimum atomic E-state index is -0.400. The van der Waals surface area contributed by atoms with Gasteiger partial charge in [-0.1, -0.05) is 0 Å². The second-order valence-corrected chi connectivity index (χ2v) is 1.06. The van der Waals surface area contributed by atoms with Crippen LogP contribution in [0.5, 0.6) is 0 Å². The highest BCUT2D eigenvalue weighted by molar-refractivity contribution is 5.85. The van der Waals surface area contributed by atoms with E-state index in [0.29, 0.717) is 0 Å². The van der Waals surface area contributed by atoms with E-state index in [-0.39, 0.29) is 12.4 Å². The third-order valence-electron chi connectivity index (χ3n) is 0.529. The van der Waals surface area contributed by atoms with Crippen molar-refractivity contribution in [2.75, 3.05) is 0 Å². The largest absolute Gasteiger partial charge is 0.242 e. The number of hydrogen-bond donors (Lipinski definition) is 0. The van der Waals surface area contributed by atoms with E-state index in [2.05, 4.69) is 9.97 Å². The minimum absolute atomic E-state index is 0. The number of aromatic nitrogens is 2. The SMILES string of the molecule is Cl.Fc1cncnc1. The van der Waals surface area contributed by atoms with Crippen LogP contribution in [0.1, 0.15) is 0 Å². The van der Waals surface area contributed by atoms with E-state index in [4.69, 9.17) is 0 Å². The molecule has 0 N–H and O–H groups in total. The van der Waals surface area contributed by atoms with Crippen LogP contribution in [-0.2, 0) is 0 Å². The molecule has 44 valence electrons. The van der Waals surface area contributed by atoms with Crippen LogP contribution in [-0.4, -0.2) is 9.97 Å². The predicted molar refractivity (Wildman–Crippen MR) is 29.2 cm³/mol. The fourth-order valence-corrected chi connectivity index (χ4v) is 0.281. The van der Waals surface area contributed by atoms with Gasteiger partial charge in [-0.2, -0.15) is 0 Å². The van der Waals surface area contributed by atoms with Gasteiger partial charge in [0.1, 0.15) is 6.33 Å². The Morgan fingerprint density at radius 2 is 1.75 bits per heavy atom. The van der Waals surface area contributed by atoms with E-state index in [0.717, 1.165) is 12.4 Å². The molecule has 0 atom stereocenters. The second-order valence-electron chi connectivity index (χ2n) is 1.06. The summed E-state index contributed by atoms with van der Waals surface area (Å²) in [7, 11) is 0. The van der Waals surface area contributed by atoms with Crippen molar-refractivity contribution in [1.82, 2.24) is 9.97 Å². The van der Waals surface area contributed by atoms with Gasteiger partial charge in [0.15, 0.2) is 5.82 Å². The zero-order valence-corrected chi connectivity index (χ0v) is 4.73. The summed E-state index contributed by atoms with van der Waals surface area (Å²) in [4.78, 5) is 6.80. The molecule has 0 unspecified atom stereocenters. The van der Waals surface area contributed by atoms with Crippen LogP contribution < -0.4 is 0 Å². The zero-order chi connectivity index (χ0) is 5.11. The summed E-state index contributed by atoms with van der Waals surface area (Å²) in [5, 5.41) is 0. The van der Waals surface area contributed by atoms with E-state index >= 15 is 0 Å². The molecule has 0 saturated carbocycles. The lowest BCUT2D eigenvalue weighted by Crippen LogP contribution is -1.76. The molecule has 1 aromatic rings. The first-order valence-electron chi connectivity index (χ1n) is 1.80. The first kappa shape index (κ1) is 7.30. The maximum atomic E-state index is 11.8. The van der Waals surface area contributed by atoms with Crippen LogP contribution in [0.3, 0.4) is 0 Å². The lowest BCUT2D eigenvalue weighted by atomic mass is 10.7. The van der Waals surface area contributed by atoms with Crippen LogP contribution in [0.4, 0.5) is 4.39 Å². The van der Waals surface area contributed by atoms with Crippen LogP contribution >= 0.6 is 12.4 Å². The Morgan fingerprint density at radius 3 is 2.00 bits per heavy atom. The summed E-state index contributed by atoms with van der Waals surface area (Å²) in [6.07, 6.45) is 3.49. The van der Waals surface area contributed by atoms with Crippen LogP contribution in [0.2, 0.25) is 0 Å². The van der Waals surface area contributed by atoms with Gasteiger partial charge < -0.3 is 0 Å². The maximum absolute atomic E-state index is 11.8. The smallest absolute Gasteiger partial charge is 0.159 e. The Kier molecular flexibility index (Phi) is 3.03. The summed E-state index contributed by atoms with van der Waals surface area (Å²) in [6, 6.07) is 0. The molecule has 0 fully saturated rings. The van der Waals surface area contributed by atoms with E-state index in [1.807, 2.05) is 0 Å². The molecule has 0 aliphatic heterocycles. The fourth-order valence-electron chi connectivity index (χ4n) is 0.281. The van der Waals surface area contributed by atoms with Gasteiger partial charge in [-0.15, -0.1) is 12.4 Å². The molecule has 4 heteroatoms. The predicted octanol–water partition coefficient (Wildman–Crippen LogP) is 1.04. The van der Waals surface area contributed by atoms with Crippen molar-refractivity contribution < 1.29 is 4.39 Å². The molecule has 0 radical (unpaired) electrons. The first-order valence-corrected chi connectivity index (χ1v) is 1.80. The second kappa shape index (κ2) is 3.32. The molecule has 0 aromatic carbocycles. The summed E-state index contributed by atoms with van der Waals surface area (Å²) >= 11 is 0. The van der Waals surface area contributed by atoms with E-state index in [1.165, 1.54) is 6.33 Å². The van der Waals surface area contributed by atoms with Gasteiger partial charge in [-0.25, -0.2) is 14.4 Å². The van der Waals surface area contributed by atoms with Gasteiger partial charge in [-0.05, 0) is 0 Å². The average molecular weight is 135 g/mol. The van der Waals surface area contributed by atoms with Crippen molar-refractivity contribution in [2.45, 2.75) is 0 Å². The Bertz CT molecular complexity index is 144. The molecule has 0 aliphatic carbocycles. The lowest BCUT2D eigenvalue weighted by Gasteiger charge is -1.77. The van der Waals surface area contributed by atoms with Crippen LogP contribution in [0.25, 0.3) is 0 Å². The molecule has 0 spiro atoms. The molecule has 1 rings (SSSR count). The standard InChI is InChI=1S/C4H3FN2.ClH/c5-4-1-6-3-7-2-4;/h1-3H;1H. The van der Waals surface area contributed by atoms with Gasteiger partial charge in [0.2, 0.25) is 0 Å². The summed E-state index contributed by atoms with van der Waals surface area (Å²) in [5.74, 6) is -0.400. The van der Waals surface area contributed by atoms with Gasteiger partial charge >= 0.3 is 0 Å². The van der Waals surface area contributed by atoms with Crippen molar-refractivity contribution in [2.24, 2.45) is 0 Å². The Morgan fingerprint density at radius 1 is 1.25 bits per heavy atom. The van der Waals surface area contributed by atoms with Gasteiger partial charge in [0.05, 0.1) is 12.4 Å². The highest BCUT2D eigenvalue weighted by Crippen LogP contribution is 1.84. The Labute approximate surface area is 52.2 Å². The highest BCUT2D eigenvalue weighted by Gasteiger charge is 1.79. The van der Waals surface area contributed by atoms with E-state index in [1.54, 1.807) is 0 Å². The number of rotatable bonds is 0. The molecule has 2 nitrogen and oxygen atoms in total. The van der Waals surface area contributed by atoms with Crippen LogP contribution in [0, 0.1) is 5.82 Å². The normalized spacial score (nSPS) is 7.62. The molecule has 1 heterocycles. The third kappa shape index (κ3) is 1.84. The van der Waals surface area contributed by atoms with E-state index < -0.39 is 5.82 Å². The van der Waals surface area contributed by atoms with Crippen molar-refractivity contribution in [3.8, 4) is 0 Å². The number of nitrogens with zero attached hydrogens (tertiary/aromatic N) is 2. The quantitative estimate of drug-likeness (QED) is 0.530. The van der Waals surface area contributed by atoms with Gasteiger partial charge in [0, 0.05) is 0 Å². The van der Waals surface area contributed by atoms with E-state index in [9.17, 15) is 4.39 Å². The molecule has 8 heavy (non-hydrogen) atoms. The molecule has 1 aromatic heterocycles. The minimum Gasteiger partial charge on any atom is -0.242 e. The van der Waals surface area contributed by atoms with Crippen molar-refractivity contribution in [3.05, 3.63) is 24.5 Å². The summed E-state index contributed by atoms with van der Waals surface area (Å²) < 4.78 is 11.8. The van der Waals surface area contributed by atoms with Crippen molar-refractivity contribution in [1.29, 1.82) is 0 Å². The number of halogens is 2.